The van der Waals surface area contributed by atoms with Crippen LogP contribution in [0.5, 0.6) is 0 Å². The van der Waals surface area contributed by atoms with E-state index in [1.807, 2.05) is 0 Å². The van der Waals surface area contributed by atoms with Crippen molar-refractivity contribution in [3.05, 3.63) is 39.9 Å². The average Bonchev–Trinajstić information content (AvgIpc) is 3.05. The van der Waals surface area contributed by atoms with Gasteiger partial charge in [0.2, 0.25) is 0 Å². The summed E-state index contributed by atoms with van der Waals surface area (Å²) in [4.78, 5) is 16.8. The van der Waals surface area contributed by atoms with Crippen LogP contribution in [-0.2, 0) is 19.4 Å². The number of nitrogens with one attached hydrogen (secondary N) is 2. The van der Waals surface area contributed by atoms with Crippen LogP contribution < -0.4 is 0 Å². The first-order valence-electron chi connectivity index (χ1n) is 6.79. The van der Waals surface area contributed by atoms with Crippen molar-refractivity contribution in [2.24, 2.45) is 0 Å². The van der Waals surface area contributed by atoms with Gasteiger partial charge in [0.05, 0.1) is 17.3 Å². The van der Waals surface area contributed by atoms with Crippen LogP contribution >= 0.6 is 11.6 Å². The number of carbonyl (C=O) groups excluding carboxylic acids is 1. The molecule has 2 N–H and O–H groups in total. The van der Waals surface area contributed by atoms with E-state index in [0.717, 1.165) is 18.5 Å². The topological polar surface area (TPSA) is 64.8 Å². The molecule has 0 unspecified atom stereocenters. The lowest BCUT2D eigenvalue weighted by molar-refractivity contribution is 0.0778. The summed E-state index contributed by atoms with van der Waals surface area (Å²) in [5.41, 5.74) is 4.01. The second kappa shape index (κ2) is 5.32. The maximum atomic E-state index is 12.3. The van der Waals surface area contributed by atoms with Gasteiger partial charge in [-0.15, -0.1) is 0 Å². The Kier molecular flexibility index (Phi) is 3.53. The molecule has 6 heteroatoms. The molecule has 0 radical (unpaired) electrons. The number of aryl methyl sites for hydroxylation is 1. The van der Waals surface area contributed by atoms with Gasteiger partial charge in [0.25, 0.3) is 5.91 Å². The Bertz CT molecular complexity index is 631. The third-order valence-electron chi connectivity index (χ3n) is 3.75. The first-order valence-corrected chi connectivity index (χ1v) is 7.17. The molecular formula is C14H17ClN4O. The van der Waals surface area contributed by atoms with Crippen molar-refractivity contribution < 1.29 is 4.79 Å². The van der Waals surface area contributed by atoms with Crippen molar-refractivity contribution in [3.63, 3.8) is 0 Å². The Hall–Kier alpha value is -1.75. The van der Waals surface area contributed by atoms with Gasteiger partial charge in [0.15, 0.2) is 0 Å². The Labute approximate surface area is 122 Å². The molecule has 0 bridgehead atoms. The number of amides is 1. The fourth-order valence-corrected chi connectivity index (χ4v) is 2.84. The number of fused-ring (bicyclic) bond motifs is 1. The number of carbonyl (C=O) groups is 1. The second-order valence-electron chi connectivity index (χ2n) is 5.23. The van der Waals surface area contributed by atoms with Gasteiger partial charge in [-0.05, 0) is 37.3 Å². The van der Waals surface area contributed by atoms with Crippen LogP contribution in [0.2, 0.25) is 5.02 Å². The monoisotopic (exact) mass is 292 g/mol. The van der Waals surface area contributed by atoms with E-state index in [1.165, 1.54) is 24.1 Å². The summed E-state index contributed by atoms with van der Waals surface area (Å²) < 4.78 is 0. The van der Waals surface area contributed by atoms with Crippen LogP contribution in [0.4, 0.5) is 0 Å². The van der Waals surface area contributed by atoms with Gasteiger partial charge in [-0.3, -0.25) is 9.89 Å². The zero-order chi connectivity index (χ0) is 14.1. The summed E-state index contributed by atoms with van der Waals surface area (Å²) >= 11 is 5.83. The van der Waals surface area contributed by atoms with Gasteiger partial charge in [0.1, 0.15) is 5.69 Å². The van der Waals surface area contributed by atoms with Crippen LogP contribution in [-0.4, -0.2) is 33.0 Å². The minimum Gasteiger partial charge on any atom is -0.356 e. The van der Waals surface area contributed by atoms with Crippen LogP contribution in [0.1, 0.15) is 40.3 Å². The molecular weight excluding hydrogens is 276 g/mol. The third-order valence-corrected chi connectivity index (χ3v) is 3.97. The molecule has 0 aliphatic heterocycles. The van der Waals surface area contributed by atoms with Crippen LogP contribution in [0.15, 0.2) is 12.3 Å². The molecule has 0 saturated carbocycles. The van der Waals surface area contributed by atoms with Crippen molar-refractivity contribution in [1.82, 2.24) is 20.1 Å². The van der Waals surface area contributed by atoms with E-state index < -0.39 is 0 Å². The van der Waals surface area contributed by atoms with E-state index in [0.29, 0.717) is 17.3 Å². The summed E-state index contributed by atoms with van der Waals surface area (Å²) in [6, 6.07) is 1.64. The van der Waals surface area contributed by atoms with E-state index >= 15 is 0 Å². The van der Waals surface area contributed by atoms with E-state index in [4.69, 9.17) is 11.6 Å². The maximum absolute atomic E-state index is 12.3. The maximum Gasteiger partial charge on any atom is 0.270 e. The predicted octanol–water partition coefficient (Wildman–Crippen LogP) is 2.54. The number of aromatic nitrogens is 3. The minimum atomic E-state index is -0.0792. The molecule has 1 aliphatic carbocycles. The zero-order valence-electron chi connectivity index (χ0n) is 11.4. The molecule has 1 aliphatic rings. The highest BCUT2D eigenvalue weighted by Crippen LogP contribution is 2.23. The molecule has 3 rings (SSSR count). The molecule has 106 valence electrons. The lowest BCUT2D eigenvalue weighted by Gasteiger charge is -2.17. The normalized spacial score (nSPS) is 14.1. The predicted molar refractivity (Wildman–Crippen MR) is 76.8 cm³/mol. The molecule has 2 heterocycles. The lowest BCUT2D eigenvalue weighted by atomic mass is 9.96. The molecule has 0 saturated heterocycles. The third kappa shape index (κ3) is 2.45. The molecule has 20 heavy (non-hydrogen) atoms. The fraction of sp³-hybridized carbons (Fsp3) is 0.429. The molecule has 2 aromatic heterocycles. The first kappa shape index (κ1) is 13.2. The first-order chi connectivity index (χ1) is 9.65. The van der Waals surface area contributed by atoms with Gasteiger partial charge < -0.3 is 9.88 Å². The summed E-state index contributed by atoms with van der Waals surface area (Å²) in [6.07, 6.45) is 6.14. The largest absolute Gasteiger partial charge is 0.356 e. The van der Waals surface area contributed by atoms with Gasteiger partial charge >= 0.3 is 0 Å². The lowest BCUT2D eigenvalue weighted by Crippen LogP contribution is -2.27. The fourth-order valence-electron chi connectivity index (χ4n) is 2.67. The summed E-state index contributed by atoms with van der Waals surface area (Å²) in [7, 11) is 1.78. The Morgan fingerprint density at radius 1 is 1.45 bits per heavy atom. The summed E-state index contributed by atoms with van der Waals surface area (Å²) in [5.74, 6) is -0.0792. The smallest absolute Gasteiger partial charge is 0.270 e. The number of nitrogens with zero attached hydrogens (tertiary/aromatic N) is 2. The van der Waals surface area contributed by atoms with Crippen molar-refractivity contribution in [3.8, 4) is 0 Å². The number of H-pyrrole nitrogens is 2. The van der Waals surface area contributed by atoms with Crippen molar-refractivity contribution >= 4 is 17.5 Å². The van der Waals surface area contributed by atoms with Crippen molar-refractivity contribution in [2.75, 3.05) is 7.05 Å². The van der Waals surface area contributed by atoms with E-state index in [2.05, 4.69) is 15.2 Å². The molecule has 0 spiro atoms. The van der Waals surface area contributed by atoms with Crippen molar-refractivity contribution in [2.45, 2.75) is 32.2 Å². The number of halogens is 1. The Morgan fingerprint density at radius 2 is 2.25 bits per heavy atom. The highest BCUT2D eigenvalue weighted by atomic mass is 35.5. The van der Waals surface area contributed by atoms with Crippen LogP contribution in [0.25, 0.3) is 0 Å². The molecule has 5 nitrogen and oxygen atoms in total. The Balaban J connectivity index is 1.74. The zero-order valence-corrected chi connectivity index (χ0v) is 12.1. The molecule has 0 fully saturated rings. The molecule has 0 atom stereocenters. The van der Waals surface area contributed by atoms with Crippen LogP contribution in [0, 0.1) is 0 Å². The minimum absolute atomic E-state index is 0.0792. The highest BCUT2D eigenvalue weighted by molar-refractivity contribution is 6.30. The van der Waals surface area contributed by atoms with E-state index in [-0.39, 0.29) is 5.91 Å². The summed E-state index contributed by atoms with van der Waals surface area (Å²) in [5, 5.41) is 8.00. The quantitative estimate of drug-likeness (QED) is 0.913. The number of hydrogen-bond acceptors (Lipinski definition) is 2. The van der Waals surface area contributed by atoms with Gasteiger partial charge in [0, 0.05) is 18.9 Å². The van der Waals surface area contributed by atoms with E-state index in [1.54, 1.807) is 24.2 Å². The molecule has 0 aromatic carbocycles. The van der Waals surface area contributed by atoms with Gasteiger partial charge in [-0.2, -0.15) is 5.10 Å². The van der Waals surface area contributed by atoms with E-state index in [9.17, 15) is 4.79 Å². The number of hydrogen-bond donors (Lipinski definition) is 2. The molecule has 1 amide bonds. The highest BCUT2D eigenvalue weighted by Gasteiger charge is 2.20. The number of aromatic amines is 2. The standard InChI is InChI=1S/C14H17ClN4O/c1-19(14(20)12-6-9(15)7-16-12)8-13-10-4-2-3-5-11(10)17-18-13/h6-7,16H,2-5,8H2,1H3,(H,17,18). The second-order valence-corrected chi connectivity index (χ2v) is 5.66. The number of rotatable bonds is 3. The SMILES string of the molecule is CN(Cc1n[nH]c2c1CCCC2)C(=O)c1cc(Cl)c[nH]1. The Morgan fingerprint density at radius 3 is 3.00 bits per heavy atom. The van der Waals surface area contributed by atoms with Crippen LogP contribution in [0.3, 0.4) is 0 Å². The average molecular weight is 293 g/mol. The van der Waals surface area contributed by atoms with Crippen molar-refractivity contribution in [1.29, 1.82) is 0 Å². The van der Waals surface area contributed by atoms with Gasteiger partial charge in [-0.1, -0.05) is 11.6 Å². The molecule has 2 aromatic rings. The summed E-state index contributed by atoms with van der Waals surface area (Å²) in [6.45, 7) is 0.515. The van der Waals surface area contributed by atoms with Gasteiger partial charge in [-0.25, -0.2) is 0 Å².